The van der Waals surface area contributed by atoms with Crippen LogP contribution in [0.15, 0.2) is 24.3 Å². The van der Waals surface area contributed by atoms with Crippen LogP contribution >= 0.6 is 0 Å². The van der Waals surface area contributed by atoms with Gasteiger partial charge in [-0.25, -0.2) is 0 Å². The van der Waals surface area contributed by atoms with Gasteiger partial charge in [-0.2, -0.15) is 0 Å². The molecule has 0 bridgehead atoms. The van der Waals surface area contributed by atoms with E-state index in [0.717, 1.165) is 12.5 Å². The quantitative estimate of drug-likeness (QED) is 0.866. The molecule has 1 N–H and O–H groups in total. The Labute approximate surface area is 118 Å². The second kappa shape index (κ2) is 5.96. The molecule has 0 aliphatic heterocycles. The van der Waals surface area contributed by atoms with Gasteiger partial charge in [0.1, 0.15) is 0 Å². The maximum Gasteiger partial charge on any atom is 0.0363 e. The van der Waals surface area contributed by atoms with Crippen LogP contribution in [0.25, 0.3) is 0 Å². The lowest BCUT2D eigenvalue weighted by Gasteiger charge is -2.31. The molecule has 2 rings (SSSR count). The predicted octanol–water partition coefficient (Wildman–Crippen LogP) is 3.81. The van der Waals surface area contributed by atoms with Gasteiger partial charge >= 0.3 is 0 Å². The van der Waals surface area contributed by atoms with Gasteiger partial charge in [0.2, 0.25) is 0 Å². The van der Waals surface area contributed by atoms with Gasteiger partial charge in [-0.1, -0.05) is 18.6 Å². The minimum atomic E-state index is 0.180. The molecule has 0 aromatic heterocycles. The molecule has 1 aromatic rings. The van der Waals surface area contributed by atoms with E-state index in [0.29, 0.717) is 0 Å². The first kappa shape index (κ1) is 14.4. The van der Waals surface area contributed by atoms with Gasteiger partial charge in [-0.05, 0) is 57.2 Å². The summed E-state index contributed by atoms with van der Waals surface area (Å²) in [5, 5.41) is 3.52. The van der Waals surface area contributed by atoms with Crippen molar-refractivity contribution in [2.75, 3.05) is 18.5 Å². The molecule has 1 saturated carbocycles. The molecule has 0 atom stereocenters. The molecule has 1 aliphatic carbocycles. The van der Waals surface area contributed by atoms with E-state index >= 15 is 0 Å². The second-order valence-electron chi connectivity index (χ2n) is 6.95. The highest BCUT2D eigenvalue weighted by molar-refractivity contribution is 5.47. The van der Waals surface area contributed by atoms with Crippen molar-refractivity contribution in [3.63, 3.8) is 0 Å². The number of hydrogen-bond donors (Lipinski definition) is 1. The van der Waals surface area contributed by atoms with Crippen LogP contribution in [0.3, 0.4) is 0 Å². The van der Waals surface area contributed by atoms with Crippen LogP contribution in [-0.2, 0) is 6.54 Å². The fourth-order valence-corrected chi connectivity index (χ4v) is 2.40. The summed E-state index contributed by atoms with van der Waals surface area (Å²) in [5.74, 6) is 0.923. The third-order valence-electron chi connectivity index (χ3n) is 3.96. The van der Waals surface area contributed by atoms with Crippen molar-refractivity contribution in [3.8, 4) is 0 Å². The molecule has 19 heavy (non-hydrogen) atoms. The van der Waals surface area contributed by atoms with Crippen molar-refractivity contribution in [2.45, 2.75) is 52.1 Å². The van der Waals surface area contributed by atoms with Gasteiger partial charge in [0, 0.05) is 31.4 Å². The SMILES string of the molecule is CN(CC1CCC1)c1ccc(CNC(C)(C)C)cc1. The molecule has 1 fully saturated rings. The maximum absolute atomic E-state index is 3.52. The zero-order valence-electron chi connectivity index (χ0n) is 12.9. The molecule has 0 radical (unpaired) electrons. The highest BCUT2D eigenvalue weighted by Crippen LogP contribution is 2.28. The fourth-order valence-electron chi connectivity index (χ4n) is 2.40. The van der Waals surface area contributed by atoms with E-state index in [-0.39, 0.29) is 5.54 Å². The fraction of sp³-hybridized carbons (Fsp3) is 0.647. The van der Waals surface area contributed by atoms with Crippen molar-refractivity contribution >= 4 is 5.69 Å². The third kappa shape index (κ3) is 4.54. The Hall–Kier alpha value is -1.02. The van der Waals surface area contributed by atoms with Crippen LogP contribution in [0.2, 0.25) is 0 Å². The minimum Gasteiger partial charge on any atom is -0.374 e. The largest absolute Gasteiger partial charge is 0.374 e. The maximum atomic E-state index is 3.52. The lowest BCUT2D eigenvalue weighted by atomic mass is 9.85. The van der Waals surface area contributed by atoms with E-state index in [1.807, 2.05) is 0 Å². The molecule has 0 spiro atoms. The van der Waals surface area contributed by atoms with Gasteiger partial charge < -0.3 is 10.2 Å². The molecule has 1 aromatic carbocycles. The summed E-state index contributed by atoms with van der Waals surface area (Å²) < 4.78 is 0. The number of nitrogens with zero attached hydrogens (tertiary/aromatic N) is 1. The van der Waals surface area contributed by atoms with E-state index in [1.54, 1.807) is 0 Å². The molecule has 0 amide bonds. The second-order valence-corrected chi connectivity index (χ2v) is 6.95. The molecule has 2 heteroatoms. The Morgan fingerprint density at radius 2 is 1.79 bits per heavy atom. The number of benzene rings is 1. The molecule has 0 heterocycles. The van der Waals surface area contributed by atoms with Crippen LogP contribution in [-0.4, -0.2) is 19.1 Å². The van der Waals surface area contributed by atoms with E-state index < -0.39 is 0 Å². The molecule has 0 saturated heterocycles. The van der Waals surface area contributed by atoms with E-state index in [2.05, 4.69) is 62.3 Å². The van der Waals surface area contributed by atoms with Crippen molar-refractivity contribution in [3.05, 3.63) is 29.8 Å². The molecule has 2 nitrogen and oxygen atoms in total. The summed E-state index contributed by atoms with van der Waals surface area (Å²) in [6.45, 7) is 8.75. The highest BCUT2D eigenvalue weighted by atomic mass is 15.1. The topological polar surface area (TPSA) is 15.3 Å². The first-order valence-corrected chi connectivity index (χ1v) is 7.49. The van der Waals surface area contributed by atoms with Gasteiger partial charge in [0.05, 0.1) is 0 Å². The van der Waals surface area contributed by atoms with Crippen LogP contribution in [0.5, 0.6) is 0 Å². The summed E-state index contributed by atoms with van der Waals surface area (Å²) >= 11 is 0. The predicted molar refractivity (Wildman–Crippen MR) is 83.6 cm³/mol. The van der Waals surface area contributed by atoms with Crippen LogP contribution in [0, 0.1) is 5.92 Å². The number of rotatable bonds is 5. The molecule has 1 aliphatic rings. The standard InChI is InChI=1S/C17H28N2/c1-17(2,3)18-12-14-8-10-16(11-9-14)19(4)13-15-6-5-7-15/h8-11,15,18H,5-7,12-13H2,1-4H3. The highest BCUT2D eigenvalue weighted by Gasteiger charge is 2.19. The van der Waals surface area contributed by atoms with E-state index in [1.165, 1.54) is 37.1 Å². The lowest BCUT2D eigenvalue weighted by Crippen LogP contribution is -2.35. The minimum absolute atomic E-state index is 0.180. The summed E-state index contributed by atoms with van der Waals surface area (Å²) in [7, 11) is 2.21. The summed E-state index contributed by atoms with van der Waals surface area (Å²) in [6.07, 6.45) is 4.26. The Morgan fingerprint density at radius 3 is 2.26 bits per heavy atom. The van der Waals surface area contributed by atoms with Gasteiger partial charge in [-0.3, -0.25) is 0 Å². The van der Waals surface area contributed by atoms with Crippen LogP contribution in [0.1, 0.15) is 45.6 Å². The third-order valence-corrected chi connectivity index (χ3v) is 3.96. The number of hydrogen-bond acceptors (Lipinski definition) is 2. The first-order valence-electron chi connectivity index (χ1n) is 7.49. The summed E-state index contributed by atoms with van der Waals surface area (Å²) in [4.78, 5) is 2.39. The smallest absolute Gasteiger partial charge is 0.0363 e. The molecular weight excluding hydrogens is 232 g/mol. The van der Waals surface area contributed by atoms with E-state index in [9.17, 15) is 0 Å². The number of nitrogens with one attached hydrogen (secondary N) is 1. The van der Waals surface area contributed by atoms with Gasteiger partial charge in [0.15, 0.2) is 0 Å². The molecular formula is C17H28N2. The Morgan fingerprint density at radius 1 is 1.16 bits per heavy atom. The summed E-state index contributed by atoms with van der Waals surface area (Å²) in [6, 6.07) is 8.98. The van der Waals surface area contributed by atoms with Crippen LogP contribution in [0.4, 0.5) is 5.69 Å². The number of anilines is 1. The normalized spacial score (nSPS) is 16.2. The van der Waals surface area contributed by atoms with Crippen LogP contribution < -0.4 is 10.2 Å². The molecule has 106 valence electrons. The van der Waals surface area contributed by atoms with Gasteiger partial charge in [-0.15, -0.1) is 0 Å². The van der Waals surface area contributed by atoms with Crippen molar-refractivity contribution < 1.29 is 0 Å². The average Bonchev–Trinajstić information content (AvgIpc) is 2.31. The Bertz CT molecular complexity index is 385. The van der Waals surface area contributed by atoms with E-state index in [4.69, 9.17) is 0 Å². The Kier molecular flexibility index (Phi) is 4.51. The summed E-state index contributed by atoms with van der Waals surface area (Å²) in [5.41, 5.74) is 2.88. The zero-order valence-corrected chi connectivity index (χ0v) is 12.9. The van der Waals surface area contributed by atoms with Gasteiger partial charge in [0.25, 0.3) is 0 Å². The lowest BCUT2D eigenvalue weighted by molar-refractivity contribution is 0.321. The Balaban J connectivity index is 1.86. The molecule has 0 unspecified atom stereocenters. The zero-order chi connectivity index (χ0) is 13.9. The van der Waals surface area contributed by atoms with Crippen molar-refractivity contribution in [1.29, 1.82) is 0 Å². The average molecular weight is 260 g/mol. The van der Waals surface area contributed by atoms with Crippen molar-refractivity contribution in [1.82, 2.24) is 5.32 Å². The van der Waals surface area contributed by atoms with Crippen molar-refractivity contribution in [2.24, 2.45) is 5.92 Å². The monoisotopic (exact) mass is 260 g/mol. The first-order chi connectivity index (χ1) is 8.94.